The number of rotatable bonds is 39. The van der Waals surface area contributed by atoms with Crippen molar-refractivity contribution >= 4 is 63.0 Å². The van der Waals surface area contributed by atoms with E-state index in [2.05, 4.69) is 272 Å². The zero-order valence-corrected chi connectivity index (χ0v) is 92.5. The minimum Gasteiger partial charge on any atom is -0.507 e. The smallest absolute Gasteiger partial charge is 0.243 e. The van der Waals surface area contributed by atoms with Gasteiger partial charge in [-0.1, -0.05) is 245 Å². The molecular formula is C126H172ClN15O7S. The Bertz CT molecular complexity index is 5920. The average Bonchev–Trinajstić information content (AvgIpc) is 1.30. The van der Waals surface area contributed by atoms with Crippen molar-refractivity contribution in [3.05, 3.63) is 285 Å². The minimum atomic E-state index is -3.66. The number of carbonyl (C=O) groups is 3. The van der Waals surface area contributed by atoms with E-state index in [-0.39, 0.29) is 34.3 Å². The van der Waals surface area contributed by atoms with E-state index in [1.807, 2.05) is 14.1 Å². The van der Waals surface area contributed by atoms with Crippen molar-refractivity contribution in [1.29, 1.82) is 0 Å². The van der Waals surface area contributed by atoms with Crippen LogP contribution < -0.4 is 31.9 Å². The van der Waals surface area contributed by atoms with Gasteiger partial charge in [-0.2, -0.15) is 9.40 Å². The van der Waals surface area contributed by atoms with Crippen LogP contribution in [0, 0.1) is 34.5 Å². The molecule has 14 fully saturated rings. The van der Waals surface area contributed by atoms with Crippen molar-refractivity contribution < 1.29 is 33.0 Å². The molecule has 14 aliphatic rings. The molecule has 6 saturated heterocycles. The maximum absolute atomic E-state index is 12.9. The number of ketones is 2. The van der Waals surface area contributed by atoms with Gasteiger partial charge in [0.15, 0.2) is 11.6 Å². The summed E-state index contributed by atoms with van der Waals surface area (Å²) in [5.74, 6) is 4.79. The topological polar surface area (TPSA) is 248 Å². The van der Waals surface area contributed by atoms with Gasteiger partial charge in [-0.3, -0.25) is 29.0 Å². The molecule has 2 unspecified atom stereocenters. The molecule has 8 N–H and O–H groups in total. The summed E-state index contributed by atoms with van der Waals surface area (Å²) in [7, 11) is 0.126. The van der Waals surface area contributed by atoms with Gasteiger partial charge in [0.05, 0.1) is 23.3 Å². The number of benzene rings is 7. The van der Waals surface area contributed by atoms with E-state index in [1.165, 1.54) is 217 Å². The number of aromatic hydroxyl groups is 1. The number of amides is 1. The third kappa shape index (κ3) is 31.7. The largest absolute Gasteiger partial charge is 0.507 e. The number of nitrogens with one attached hydrogen (secondary N) is 6. The summed E-state index contributed by atoms with van der Waals surface area (Å²) < 4.78 is 28.9. The Balaban J connectivity index is 0.000000123. The first-order valence-corrected chi connectivity index (χ1v) is 59.1. The van der Waals surface area contributed by atoms with Crippen LogP contribution in [-0.4, -0.2) is 266 Å². The molecule has 8 aromatic rings. The van der Waals surface area contributed by atoms with E-state index >= 15 is 0 Å². The highest BCUT2D eigenvalue weighted by Crippen LogP contribution is 2.53. The molecule has 22 nitrogen and oxygen atoms in total. The Labute approximate surface area is 901 Å². The number of hydrogen-bond acceptors (Lipinski definition) is 19. The monoisotopic (exact) mass is 2070 g/mol. The summed E-state index contributed by atoms with van der Waals surface area (Å²) in [6.07, 6.45) is 40.8. The van der Waals surface area contributed by atoms with Gasteiger partial charge < -0.3 is 61.7 Å². The Hall–Kier alpha value is -9.41. The molecule has 150 heavy (non-hydrogen) atoms. The number of halogens is 1. The number of piperidine rings is 3. The molecule has 7 heterocycles. The molecule has 2 spiro atoms. The zero-order chi connectivity index (χ0) is 105. The molecule has 0 bridgehead atoms. The molecule has 1 aromatic heterocycles. The lowest BCUT2D eigenvalue weighted by atomic mass is 9.60. The van der Waals surface area contributed by atoms with Crippen LogP contribution in [0.1, 0.15) is 267 Å². The van der Waals surface area contributed by atoms with Gasteiger partial charge in [-0.25, -0.2) is 8.42 Å². The second kappa shape index (κ2) is 53.2. The van der Waals surface area contributed by atoms with E-state index < -0.39 is 10.0 Å². The number of likely N-dealkylation sites (N-methyl/N-ethyl adjacent to an activating group) is 1. The lowest BCUT2D eigenvalue weighted by Crippen LogP contribution is -2.68. The number of carbonyl (C=O) groups excluding carboxylic acids is 3. The number of aliphatic imine (C=N–C) groups is 1. The fourth-order valence-corrected chi connectivity index (χ4v) is 26.3. The first-order chi connectivity index (χ1) is 72.8. The van der Waals surface area contributed by atoms with Gasteiger partial charge in [0, 0.05) is 211 Å². The van der Waals surface area contributed by atoms with Crippen LogP contribution in [0.4, 0.5) is 0 Å². The predicted octanol–water partition coefficient (Wildman–Crippen LogP) is 20.1. The van der Waals surface area contributed by atoms with Gasteiger partial charge in [0.25, 0.3) is 0 Å². The lowest BCUT2D eigenvalue weighted by molar-refractivity contribution is -0.132. The van der Waals surface area contributed by atoms with Crippen LogP contribution in [-0.2, 0) is 28.3 Å². The van der Waals surface area contributed by atoms with Gasteiger partial charge in [-0.05, 0) is 280 Å². The molecule has 6 aliphatic heterocycles. The molecule has 22 rings (SSSR count). The molecule has 1 amide bonds. The highest BCUT2D eigenvalue weighted by Gasteiger charge is 2.56. The first kappa shape index (κ1) is 112. The Morgan fingerprint density at radius 2 is 1.10 bits per heavy atom. The fraction of sp³-hybridized carbons (Fsp3) is 0.548. The maximum Gasteiger partial charge on any atom is 0.243 e. The molecule has 8 aliphatic carbocycles. The van der Waals surface area contributed by atoms with Crippen LogP contribution in [0.25, 0.3) is 18.2 Å². The second-order valence-corrected chi connectivity index (χ2v) is 48.6. The molecule has 806 valence electrons. The van der Waals surface area contributed by atoms with Crippen molar-refractivity contribution in [3.8, 4) is 5.75 Å². The number of aromatic nitrogens is 2. The Kier molecular flexibility index (Phi) is 39.6. The summed E-state index contributed by atoms with van der Waals surface area (Å²) in [6.45, 7) is 33.2. The third-order valence-corrected chi connectivity index (χ3v) is 36.4. The average molecular weight is 2080 g/mol. The number of nitrogens with zero attached hydrogens (tertiary/aromatic N) is 9. The zero-order valence-electron chi connectivity index (χ0n) is 90.9. The number of hydrogen-bond donors (Lipinski definition) is 8. The van der Waals surface area contributed by atoms with Crippen LogP contribution >= 0.6 is 11.6 Å². The Morgan fingerprint density at radius 3 is 1.63 bits per heavy atom. The van der Waals surface area contributed by atoms with E-state index in [9.17, 15) is 33.0 Å². The van der Waals surface area contributed by atoms with Crippen LogP contribution in [0.3, 0.4) is 0 Å². The molecule has 12 atom stereocenters. The number of phenols is 1. The maximum atomic E-state index is 12.9. The lowest BCUT2D eigenvalue weighted by Gasteiger charge is -2.61. The quantitative estimate of drug-likeness (QED) is 0.0132. The van der Waals surface area contributed by atoms with Gasteiger partial charge in [0.1, 0.15) is 12.3 Å². The van der Waals surface area contributed by atoms with E-state index in [1.54, 1.807) is 65.0 Å². The van der Waals surface area contributed by atoms with Crippen LogP contribution in [0.5, 0.6) is 5.75 Å². The van der Waals surface area contributed by atoms with Crippen LogP contribution in [0.15, 0.2) is 239 Å². The van der Waals surface area contributed by atoms with Crippen LogP contribution in [0.2, 0.25) is 5.02 Å². The minimum absolute atomic E-state index is 0.0216. The predicted molar refractivity (Wildman–Crippen MR) is 612 cm³/mol. The number of phenolic OH excluding ortho intramolecular Hbond substituents is 1. The molecule has 0 radical (unpaired) electrons. The first-order valence-electron chi connectivity index (χ1n) is 57.3. The third-order valence-electron chi connectivity index (χ3n) is 34.3. The molecule has 7 aromatic carbocycles. The number of Topliss-reactive ketones (excluding diaryl/α,β-unsaturated/α-hetero) is 2. The van der Waals surface area contributed by atoms with Gasteiger partial charge in [0.2, 0.25) is 15.9 Å². The Morgan fingerprint density at radius 1 is 0.560 bits per heavy atom. The number of likely N-dealkylation sites (tertiary alicyclic amines) is 4. The number of piperazine rings is 1. The number of aryl methyl sites for hydroxylation is 1. The summed E-state index contributed by atoms with van der Waals surface area (Å²) in [6, 6.07) is 69.0. The second-order valence-electron chi connectivity index (χ2n) is 46.2. The summed E-state index contributed by atoms with van der Waals surface area (Å²) in [4.78, 5) is 53.2. The number of aliphatic hydroxyl groups is 1. The van der Waals surface area contributed by atoms with Gasteiger partial charge >= 0.3 is 0 Å². The summed E-state index contributed by atoms with van der Waals surface area (Å²) in [5.41, 5.74) is 17.1. The van der Waals surface area contributed by atoms with E-state index in [0.717, 1.165) is 118 Å². The highest BCUT2D eigenvalue weighted by atomic mass is 35.5. The molecule has 8 saturated carbocycles. The van der Waals surface area contributed by atoms with Crippen molar-refractivity contribution in [2.24, 2.45) is 46.5 Å². The number of sulfonamides is 1. The van der Waals surface area contributed by atoms with Crippen molar-refractivity contribution in [3.63, 3.8) is 0 Å². The highest BCUT2D eigenvalue weighted by molar-refractivity contribution is 7.89. The van der Waals surface area contributed by atoms with E-state index in [4.69, 9.17) is 11.6 Å². The summed E-state index contributed by atoms with van der Waals surface area (Å²) >= 11 is 5.96. The summed E-state index contributed by atoms with van der Waals surface area (Å²) in [5, 5.41) is 46.5. The van der Waals surface area contributed by atoms with Crippen molar-refractivity contribution in [1.82, 2.24) is 70.5 Å². The molecule has 24 heteroatoms. The SMILES string of the molecule is C=C1CC(N[C@@H]2C[C@H]2/C(=C/c2ccccc2)CC)CCN1.CC(=NCC(=O)c1cccc(S(=O)(=O)N2CCN(C)CC2)c1)c1cc(Cl)ccc1O.CC/C(=C\c1ccccc1)[C@@H]1C[C@H]1NC1CC2(C1)CN(C(CC)CO)C2.CCCN1CC2(CC(N[C@@H]3C[C@H]3/C(=C/c3ccccc3)CC)C2)C1.Cn1cc(C(=O)Cc2ccc([C@@H]3C[C@H]3NCC3CC3)cc2)cn1.O=C(CCN1CCC(N[C@@H]2C[C@H]2c2ccccc2)CC1)N1CCCCC1. The number of aliphatic hydroxyl groups excluding tert-OH is 1. The van der Waals surface area contributed by atoms with Crippen molar-refractivity contribution in [2.45, 2.75) is 279 Å². The normalized spacial score (nSPS) is 25.4. The standard InChI is InChI=1S/C23H34N2O.C22H33N3O.C22H32N2.C21H24ClN3O4S.C19H23N3O.C19H26N2/c1-3-18(10-17-8-6-5-7-9-17)21-11-22(21)24-19-12-23(13-19)15-25(16-23)20(4-2)14-26;26-22(25-12-5-2-6-13-25)11-16-24-14-9-19(10-15-24)23-21-17-20(21)18-7-3-1-4-8-18;1-3-10-24-15-22(16-24)13-19(14-22)23-21-12-20(21)18(4-2)11-17-8-6-5-7-9-17;1-15(19-13-17(22)6-7-20(19)26)23-14-21(27)16-4-3-5-18(12-16)30(28,29)25-10-8-24(2)9-11-25;1-22-12-16(11-21-22)19(23)8-13-4-6-15(7-5-13)17-9-18(17)20-10-14-2-3-14;1-3-16(12-15-7-5-4-6-8-15)18-13-19(18)21-17-9-10-20-14(2)11-17/h5-10,19-22,24,26H,3-4,11-16H2,1-2H3;1,3-4,7-8,19-21,23H,2,5-6,9-17H2;5-9,11,19-21,23H,3-4,10,12-16H2,1-2H3;3-7,12-13,26H,8-11,14H2,1-2H3;4-7,11-12,14,17-18,20H,2-3,8-10H2,1H3;4-8,12,17-21H,2-3,9-11,13H2,1H3/b18-10+;;18-11+;;;16-12+/t20?,21-,22+;2*20-,21+;;17-,18+;17?,18-,19+/m000.00/s1. The molecular weight excluding hydrogens is 1900 g/mol. The van der Waals surface area contributed by atoms with E-state index in [0.29, 0.717) is 132 Å². The van der Waals surface area contributed by atoms with Crippen molar-refractivity contribution in [2.75, 3.05) is 125 Å². The van der Waals surface area contributed by atoms with Gasteiger partial charge in [-0.15, -0.1) is 0 Å². The fourth-order valence-electron chi connectivity index (χ4n) is 24.7.